The zero-order valence-corrected chi connectivity index (χ0v) is 13.3. The Morgan fingerprint density at radius 1 is 1.05 bits per heavy atom. The van der Waals surface area contributed by atoms with Gasteiger partial charge in [-0.25, -0.2) is 0 Å². The molecule has 2 aromatic carbocycles. The third-order valence-corrected chi connectivity index (χ3v) is 3.93. The second kappa shape index (κ2) is 7.18. The minimum Gasteiger partial charge on any atom is -0.326 e. The van der Waals surface area contributed by atoms with Crippen molar-refractivity contribution in [3.63, 3.8) is 0 Å². The smallest absolute Gasteiger partial charge is 0.224 e. The van der Waals surface area contributed by atoms with Crippen molar-refractivity contribution >= 4 is 33.3 Å². The number of anilines is 1. The van der Waals surface area contributed by atoms with E-state index in [4.69, 9.17) is 0 Å². The van der Waals surface area contributed by atoms with Gasteiger partial charge in [0.25, 0.3) is 0 Å². The highest BCUT2D eigenvalue weighted by atomic mass is 79.9. The summed E-state index contributed by atoms with van der Waals surface area (Å²) < 4.78 is 1.02. The number of carbonyl (C=O) groups excluding carboxylic acids is 2. The van der Waals surface area contributed by atoms with Crippen molar-refractivity contribution in [3.8, 4) is 0 Å². The van der Waals surface area contributed by atoms with Crippen LogP contribution in [0.3, 0.4) is 0 Å². The van der Waals surface area contributed by atoms with Crippen LogP contribution in [0.4, 0.5) is 5.69 Å². The Morgan fingerprint density at radius 3 is 2.33 bits per heavy atom. The molecule has 1 amide bonds. The summed E-state index contributed by atoms with van der Waals surface area (Å²) >= 11 is 3.47. The van der Waals surface area contributed by atoms with E-state index in [1.165, 1.54) is 6.92 Å². The minimum atomic E-state index is -0.0404. The lowest BCUT2D eigenvalue weighted by Gasteiger charge is -2.07. The summed E-state index contributed by atoms with van der Waals surface area (Å²) in [4.78, 5) is 23.1. The summed E-state index contributed by atoms with van der Waals surface area (Å²) in [6, 6.07) is 14.8. The van der Waals surface area contributed by atoms with Crippen LogP contribution in [0.15, 0.2) is 53.0 Å². The van der Waals surface area contributed by atoms with Gasteiger partial charge in [0.05, 0.1) is 0 Å². The highest BCUT2D eigenvalue weighted by molar-refractivity contribution is 9.10. The lowest BCUT2D eigenvalue weighted by Crippen LogP contribution is -2.12. The van der Waals surface area contributed by atoms with E-state index >= 15 is 0 Å². The fourth-order valence-corrected chi connectivity index (χ4v) is 2.44. The van der Waals surface area contributed by atoms with Crippen LogP contribution in [0.5, 0.6) is 0 Å². The predicted molar refractivity (Wildman–Crippen MR) is 87.5 cm³/mol. The number of aryl methyl sites for hydroxylation is 1. The van der Waals surface area contributed by atoms with Crippen molar-refractivity contribution in [1.82, 2.24) is 0 Å². The standard InChI is InChI=1S/C17H16BrNO2/c1-12(20)13-6-9-15(10-7-13)19-17(21)11-8-14-4-2-3-5-16(14)18/h2-7,9-10H,8,11H2,1H3,(H,19,21). The van der Waals surface area contributed by atoms with Crippen LogP contribution >= 0.6 is 15.9 Å². The topological polar surface area (TPSA) is 46.2 Å². The van der Waals surface area contributed by atoms with Crippen LogP contribution < -0.4 is 5.32 Å². The fraction of sp³-hybridized carbons (Fsp3) is 0.176. The summed E-state index contributed by atoms with van der Waals surface area (Å²) in [5, 5.41) is 2.83. The van der Waals surface area contributed by atoms with Crippen molar-refractivity contribution in [1.29, 1.82) is 0 Å². The van der Waals surface area contributed by atoms with Crippen LogP contribution in [0.25, 0.3) is 0 Å². The second-order valence-electron chi connectivity index (χ2n) is 4.77. The van der Waals surface area contributed by atoms with Crippen LogP contribution in [0.2, 0.25) is 0 Å². The molecule has 0 radical (unpaired) electrons. The molecule has 0 unspecified atom stereocenters. The molecule has 0 saturated heterocycles. The number of amides is 1. The van der Waals surface area contributed by atoms with Crippen molar-refractivity contribution in [2.24, 2.45) is 0 Å². The van der Waals surface area contributed by atoms with Crippen LogP contribution in [-0.2, 0) is 11.2 Å². The number of ketones is 1. The first-order chi connectivity index (χ1) is 10.1. The number of hydrogen-bond donors (Lipinski definition) is 1. The normalized spacial score (nSPS) is 10.2. The largest absolute Gasteiger partial charge is 0.326 e. The van der Waals surface area contributed by atoms with Gasteiger partial charge in [-0.05, 0) is 49.2 Å². The Hall–Kier alpha value is -1.94. The van der Waals surface area contributed by atoms with E-state index in [0.29, 0.717) is 24.1 Å². The van der Waals surface area contributed by atoms with Gasteiger partial charge in [-0.2, -0.15) is 0 Å². The van der Waals surface area contributed by atoms with Crippen LogP contribution in [0.1, 0.15) is 29.3 Å². The molecule has 4 heteroatoms. The Kier molecular flexibility index (Phi) is 5.28. The van der Waals surface area contributed by atoms with Crippen molar-refractivity contribution in [2.45, 2.75) is 19.8 Å². The van der Waals surface area contributed by atoms with E-state index in [9.17, 15) is 9.59 Å². The molecule has 1 N–H and O–H groups in total. The van der Waals surface area contributed by atoms with Gasteiger partial charge in [0, 0.05) is 22.1 Å². The van der Waals surface area contributed by atoms with E-state index in [1.54, 1.807) is 24.3 Å². The number of nitrogens with one attached hydrogen (secondary N) is 1. The summed E-state index contributed by atoms with van der Waals surface area (Å²) in [6.45, 7) is 1.52. The van der Waals surface area contributed by atoms with Gasteiger partial charge in [-0.15, -0.1) is 0 Å². The average molecular weight is 346 g/mol. The quantitative estimate of drug-likeness (QED) is 0.824. The third-order valence-electron chi connectivity index (χ3n) is 3.15. The monoisotopic (exact) mass is 345 g/mol. The molecular formula is C17H16BrNO2. The van der Waals surface area contributed by atoms with Gasteiger partial charge in [0.15, 0.2) is 5.78 Å². The molecule has 2 rings (SSSR count). The molecule has 0 saturated carbocycles. The highest BCUT2D eigenvalue weighted by Gasteiger charge is 2.06. The van der Waals surface area contributed by atoms with Gasteiger partial charge in [-0.3, -0.25) is 9.59 Å². The van der Waals surface area contributed by atoms with Crippen molar-refractivity contribution in [3.05, 3.63) is 64.1 Å². The van der Waals surface area contributed by atoms with Gasteiger partial charge in [-0.1, -0.05) is 34.1 Å². The Labute approximate surface area is 132 Å². The number of Topliss-reactive ketones (excluding diaryl/α,β-unsaturated/α-hetero) is 1. The Bertz CT molecular complexity index is 650. The van der Waals surface area contributed by atoms with Gasteiger partial charge in [0.2, 0.25) is 5.91 Å². The van der Waals surface area contributed by atoms with Crippen LogP contribution in [0, 0.1) is 0 Å². The molecule has 0 bridgehead atoms. The average Bonchev–Trinajstić information content (AvgIpc) is 2.47. The Morgan fingerprint density at radius 2 is 1.71 bits per heavy atom. The van der Waals surface area contributed by atoms with E-state index in [-0.39, 0.29) is 11.7 Å². The zero-order valence-electron chi connectivity index (χ0n) is 11.7. The van der Waals surface area contributed by atoms with E-state index < -0.39 is 0 Å². The van der Waals surface area contributed by atoms with E-state index in [2.05, 4.69) is 21.2 Å². The maximum Gasteiger partial charge on any atom is 0.224 e. The van der Waals surface area contributed by atoms with E-state index in [1.807, 2.05) is 24.3 Å². The summed E-state index contributed by atoms with van der Waals surface area (Å²) in [7, 11) is 0. The summed E-state index contributed by atoms with van der Waals surface area (Å²) in [5.41, 5.74) is 2.46. The van der Waals surface area contributed by atoms with Crippen molar-refractivity contribution in [2.75, 3.05) is 5.32 Å². The molecule has 2 aromatic rings. The molecule has 21 heavy (non-hydrogen) atoms. The molecule has 108 valence electrons. The third kappa shape index (κ3) is 4.53. The predicted octanol–water partition coefficient (Wildman–Crippen LogP) is 4.22. The maximum atomic E-state index is 11.9. The summed E-state index contributed by atoms with van der Waals surface area (Å²) in [5.74, 6) is -0.0249. The zero-order chi connectivity index (χ0) is 15.2. The molecule has 0 aliphatic carbocycles. The van der Waals surface area contributed by atoms with Gasteiger partial charge in [0.1, 0.15) is 0 Å². The molecule has 0 aliphatic rings. The number of rotatable bonds is 5. The first-order valence-electron chi connectivity index (χ1n) is 6.70. The second-order valence-corrected chi connectivity index (χ2v) is 5.63. The molecule has 0 aromatic heterocycles. The van der Waals surface area contributed by atoms with Gasteiger partial charge < -0.3 is 5.32 Å². The highest BCUT2D eigenvalue weighted by Crippen LogP contribution is 2.18. The summed E-state index contributed by atoms with van der Waals surface area (Å²) in [6.07, 6.45) is 1.09. The molecule has 0 heterocycles. The van der Waals surface area contributed by atoms with Gasteiger partial charge >= 0.3 is 0 Å². The number of benzene rings is 2. The van der Waals surface area contributed by atoms with Crippen molar-refractivity contribution < 1.29 is 9.59 Å². The molecule has 0 spiro atoms. The molecular weight excluding hydrogens is 330 g/mol. The maximum absolute atomic E-state index is 11.9. The molecule has 3 nitrogen and oxygen atoms in total. The number of hydrogen-bond acceptors (Lipinski definition) is 2. The van der Waals surface area contributed by atoms with E-state index in [0.717, 1.165) is 10.0 Å². The lowest BCUT2D eigenvalue weighted by atomic mass is 10.1. The van der Waals surface area contributed by atoms with Crippen LogP contribution in [-0.4, -0.2) is 11.7 Å². The SMILES string of the molecule is CC(=O)c1ccc(NC(=O)CCc2ccccc2Br)cc1. The molecule has 0 aliphatic heterocycles. The lowest BCUT2D eigenvalue weighted by molar-refractivity contribution is -0.116. The Balaban J connectivity index is 1.90. The number of halogens is 1. The fourth-order valence-electron chi connectivity index (χ4n) is 1.96. The molecule has 0 atom stereocenters. The number of carbonyl (C=O) groups is 2. The minimum absolute atomic E-state index is 0.0156. The molecule has 0 fully saturated rings. The first-order valence-corrected chi connectivity index (χ1v) is 7.50. The first kappa shape index (κ1) is 15.4.